The van der Waals surface area contributed by atoms with E-state index in [0.717, 1.165) is 6.42 Å². The van der Waals surface area contributed by atoms with Crippen LogP contribution in [0.3, 0.4) is 0 Å². The molecule has 0 nitrogen and oxygen atoms in total. The van der Waals surface area contributed by atoms with E-state index < -0.39 is 4.84 Å². The number of alkyl halides is 3. The van der Waals surface area contributed by atoms with Crippen molar-refractivity contribution in [3.8, 4) is 0 Å². The summed E-state index contributed by atoms with van der Waals surface area (Å²) in [6, 6.07) is 0. The highest BCUT2D eigenvalue weighted by molar-refractivity contribution is 6.48. The zero-order valence-electron chi connectivity index (χ0n) is 4.00. The minimum Gasteiger partial charge on any atom is -0.120 e. The van der Waals surface area contributed by atoms with Crippen LogP contribution in [0.25, 0.3) is 0 Å². The van der Waals surface area contributed by atoms with Crippen molar-refractivity contribution in [1.82, 2.24) is 0 Å². The van der Waals surface area contributed by atoms with Gasteiger partial charge < -0.3 is 0 Å². The van der Waals surface area contributed by atoms with Crippen LogP contribution in [0.4, 0.5) is 0 Å². The molecule has 0 N–H and O–H groups in total. The van der Waals surface area contributed by atoms with Crippen molar-refractivity contribution in [2.24, 2.45) is 0 Å². The van der Waals surface area contributed by atoms with Crippen LogP contribution < -0.4 is 0 Å². The zero-order valence-corrected chi connectivity index (χ0v) is 6.26. The number of rotatable bonds is 2. The van der Waals surface area contributed by atoms with Gasteiger partial charge >= 0.3 is 0 Å². The first kappa shape index (κ1) is 7.87. The van der Waals surface area contributed by atoms with E-state index in [0.29, 0.717) is 0 Å². The van der Waals surface area contributed by atoms with Gasteiger partial charge in [-0.3, -0.25) is 0 Å². The van der Waals surface area contributed by atoms with Gasteiger partial charge in [-0.2, -0.15) is 0 Å². The van der Waals surface area contributed by atoms with Crippen molar-refractivity contribution in [3.05, 3.63) is 0 Å². The Kier molecular flexibility index (Phi) is 4.30. The van der Waals surface area contributed by atoms with Gasteiger partial charge in [0.2, 0.25) is 0 Å². The number of hydrogen-bond acceptors (Lipinski definition) is 0. The van der Waals surface area contributed by atoms with Gasteiger partial charge in [-0.25, -0.2) is 0 Å². The monoisotopic (exact) mass is 160 g/mol. The normalized spacial score (nSPS) is 15.0. The van der Waals surface area contributed by atoms with Crippen LogP contribution in [0.2, 0.25) is 0 Å². The quantitative estimate of drug-likeness (QED) is 0.547. The van der Waals surface area contributed by atoms with E-state index in [2.05, 4.69) is 0 Å². The molecule has 0 aliphatic heterocycles. The predicted octanol–water partition coefficient (Wildman–Crippen LogP) is 2.81. The molecular weight excluding hydrogens is 154 g/mol. The van der Waals surface area contributed by atoms with Gasteiger partial charge in [-0.05, 0) is 6.42 Å². The minimum atomic E-state index is -0.424. The highest BCUT2D eigenvalue weighted by Crippen LogP contribution is 2.16. The molecule has 0 amide bonds. The van der Waals surface area contributed by atoms with E-state index in [1.807, 2.05) is 6.92 Å². The maximum absolute atomic E-state index is 5.54. The Morgan fingerprint density at radius 3 is 1.71 bits per heavy atom. The molecule has 0 saturated carbocycles. The van der Waals surface area contributed by atoms with Crippen molar-refractivity contribution in [2.75, 3.05) is 0 Å². The van der Waals surface area contributed by atoms with E-state index in [1.54, 1.807) is 0 Å². The Hall–Kier alpha value is 0.870. The molecule has 0 aliphatic rings. The Morgan fingerprint density at radius 2 is 1.71 bits per heavy atom. The first-order valence-electron chi connectivity index (χ1n) is 2.10. The molecular formula is C4H7Cl3. The highest BCUT2D eigenvalue weighted by atomic mass is 35.5. The van der Waals surface area contributed by atoms with Crippen LogP contribution in [0.15, 0.2) is 0 Å². The van der Waals surface area contributed by atoms with Crippen molar-refractivity contribution >= 4 is 34.8 Å². The van der Waals surface area contributed by atoms with Crippen molar-refractivity contribution < 1.29 is 0 Å². The lowest BCUT2D eigenvalue weighted by Crippen LogP contribution is -2.05. The summed E-state index contributed by atoms with van der Waals surface area (Å²) in [5, 5.41) is -0.0941. The van der Waals surface area contributed by atoms with E-state index in [4.69, 9.17) is 34.8 Å². The molecule has 0 aliphatic carbocycles. The van der Waals surface area contributed by atoms with Gasteiger partial charge in [0.1, 0.15) is 4.84 Å². The molecule has 3 heteroatoms. The number of hydrogen-bond donors (Lipinski definition) is 0. The smallest absolute Gasteiger partial charge is 0.120 e. The largest absolute Gasteiger partial charge is 0.124 e. The summed E-state index contributed by atoms with van der Waals surface area (Å²) in [5.74, 6) is 0. The summed E-state index contributed by atoms with van der Waals surface area (Å²) in [5.41, 5.74) is 0. The number of halogens is 3. The average molecular weight is 161 g/mol. The Bertz CT molecular complexity index is 44.2. The molecule has 0 heterocycles. The molecule has 0 aromatic heterocycles. The van der Waals surface area contributed by atoms with Crippen LogP contribution in [0.5, 0.6) is 0 Å². The van der Waals surface area contributed by atoms with Gasteiger partial charge in [0.25, 0.3) is 0 Å². The standard InChI is InChI=1S/C4H7Cl3/c1-2-3(5)4(6)7/h3-4H,2H2,1H3. The van der Waals surface area contributed by atoms with Crippen LogP contribution in [0, 0.1) is 0 Å². The summed E-state index contributed by atoms with van der Waals surface area (Å²) in [6.07, 6.45) is 0.819. The lowest BCUT2D eigenvalue weighted by molar-refractivity contribution is 0.869. The molecule has 0 aromatic rings. The second kappa shape index (κ2) is 3.82. The SMILES string of the molecule is CCC(Cl)C(Cl)Cl. The second-order valence-corrected chi connectivity index (χ2v) is 2.98. The highest BCUT2D eigenvalue weighted by Gasteiger charge is 2.08. The van der Waals surface area contributed by atoms with Crippen LogP contribution >= 0.6 is 34.8 Å². The molecule has 0 bridgehead atoms. The Balaban J connectivity index is 3.14. The third-order valence-electron chi connectivity index (χ3n) is 0.663. The van der Waals surface area contributed by atoms with Crippen molar-refractivity contribution in [1.29, 1.82) is 0 Å². The van der Waals surface area contributed by atoms with Crippen molar-refractivity contribution in [3.63, 3.8) is 0 Å². The van der Waals surface area contributed by atoms with Gasteiger partial charge in [0.15, 0.2) is 0 Å². The molecule has 44 valence electrons. The fraction of sp³-hybridized carbons (Fsp3) is 1.00. The summed E-state index contributed by atoms with van der Waals surface area (Å²) in [4.78, 5) is -0.424. The molecule has 0 saturated heterocycles. The first-order chi connectivity index (χ1) is 3.18. The molecule has 0 radical (unpaired) electrons. The lowest BCUT2D eigenvalue weighted by atomic mass is 10.4. The second-order valence-electron chi connectivity index (χ2n) is 1.26. The van der Waals surface area contributed by atoms with Crippen molar-refractivity contribution in [2.45, 2.75) is 23.6 Å². The van der Waals surface area contributed by atoms with Crippen LogP contribution in [-0.2, 0) is 0 Å². The average Bonchev–Trinajstić information content (AvgIpc) is 1.65. The maximum atomic E-state index is 5.54. The Labute approximate surface area is 58.7 Å². The Morgan fingerprint density at radius 1 is 1.29 bits per heavy atom. The summed E-state index contributed by atoms with van der Waals surface area (Å²) in [7, 11) is 0. The zero-order chi connectivity index (χ0) is 5.86. The van der Waals surface area contributed by atoms with Gasteiger partial charge in [0, 0.05) is 0 Å². The van der Waals surface area contributed by atoms with Crippen LogP contribution in [0.1, 0.15) is 13.3 Å². The molecule has 0 spiro atoms. The van der Waals surface area contributed by atoms with E-state index in [-0.39, 0.29) is 5.38 Å². The third kappa shape index (κ3) is 3.45. The summed E-state index contributed by atoms with van der Waals surface area (Å²) >= 11 is 16.3. The lowest BCUT2D eigenvalue weighted by Gasteiger charge is -2.03. The third-order valence-corrected chi connectivity index (χ3v) is 2.09. The predicted molar refractivity (Wildman–Crippen MR) is 35.4 cm³/mol. The molecule has 0 aromatic carbocycles. The van der Waals surface area contributed by atoms with Crippen LogP contribution in [-0.4, -0.2) is 10.2 Å². The van der Waals surface area contributed by atoms with E-state index in [1.165, 1.54) is 0 Å². The molecule has 1 unspecified atom stereocenters. The maximum Gasteiger partial charge on any atom is 0.124 e. The van der Waals surface area contributed by atoms with Gasteiger partial charge in [-0.15, -0.1) is 34.8 Å². The topological polar surface area (TPSA) is 0 Å². The molecule has 0 rings (SSSR count). The molecule has 1 atom stereocenters. The molecule has 7 heavy (non-hydrogen) atoms. The molecule has 0 fully saturated rings. The summed E-state index contributed by atoms with van der Waals surface area (Å²) < 4.78 is 0. The fourth-order valence-corrected chi connectivity index (χ4v) is 0.535. The first-order valence-corrected chi connectivity index (χ1v) is 3.41. The summed E-state index contributed by atoms with van der Waals surface area (Å²) in [6.45, 7) is 1.94. The minimum absolute atomic E-state index is 0.0941. The fourth-order valence-electron chi connectivity index (χ4n) is 0.178. The van der Waals surface area contributed by atoms with Gasteiger partial charge in [0.05, 0.1) is 5.38 Å². The van der Waals surface area contributed by atoms with Gasteiger partial charge in [-0.1, -0.05) is 6.92 Å². The van der Waals surface area contributed by atoms with E-state index >= 15 is 0 Å². The van der Waals surface area contributed by atoms with E-state index in [9.17, 15) is 0 Å².